The fourth-order valence-corrected chi connectivity index (χ4v) is 2.84. The van der Waals surface area contributed by atoms with Crippen LogP contribution in [0.3, 0.4) is 0 Å². The summed E-state index contributed by atoms with van der Waals surface area (Å²) in [5.41, 5.74) is 1.33. The number of carbonyl (C=O) groups is 2. The van der Waals surface area contributed by atoms with E-state index in [0.29, 0.717) is 21.2 Å². The van der Waals surface area contributed by atoms with Crippen molar-refractivity contribution in [3.05, 3.63) is 75.5 Å². The van der Waals surface area contributed by atoms with Gasteiger partial charge in [-0.25, -0.2) is 9.18 Å². The number of esters is 1. The Bertz CT molecular complexity index is 853. The highest BCUT2D eigenvalue weighted by Crippen LogP contribution is 2.26. The average Bonchev–Trinajstić information content (AvgIpc) is 2.61. The lowest BCUT2D eigenvalue weighted by Crippen LogP contribution is -2.37. The van der Waals surface area contributed by atoms with Crippen molar-refractivity contribution in [2.75, 3.05) is 0 Å². The summed E-state index contributed by atoms with van der Waals surface area (Å²) in [6.07, 6.45) is 1.66. The fourth-order valence-electron chi connectivity index (χ4n) is 2.27. The molecule has 2 aromatic carbocycles. The van der Waals surface area contributed by atoms with Crippen LogP contribution in [0.5, 0.6) is 0 Å². The third-order valence-corrected chi connectivity index (χ3v) is 4.29. The number of halogens is 3. The summed E-state index contributed by atoms with van der Waals surface area (Å²) in [5, 5.41) is 3.66. The molecule has 1 amide bonds. The highest BCUT2D eigenvalue weighted by Gasteiger charge is 2.20. The number of hydrogen-bond acceptors (Lipinski definition) is 3. The molecule has 27 heavy (non-hydrogen) atoms. The minimum Gasteiger partial charge on any atom is -0.449 e. The van der Waals surface area contributed by atoms with Gasteiger partial charge in [-0.1, -0.05) is 41.4 Å². The molecule has 0 aromatic heterocycles. The quantitative estimate of drug-likeness (QED) is 0.541. The Morgan fingerprint density at radius 2 is 1.78 bits per heavy atom. The van der Waals surface area contributed by atoms with Crippen molar-refractivity contribution in [1.82, 2.24) is 5.32 Å². The number of carbonyl (C=O) groups excluding carboxylic acids is 2. The van der Waals surface area contributed by atoms with Gasteiger partial charge in [0.1, 0.15) is 5.82 Å². The summed E-state index contributed by atoms with van der Waals surface area (Å²) in [5.74, 6) is -1.51. The molecule has 1 N–H and O–H groups in total. The first-order valence-electron chi connectivity index (χ1n) is 8.16. The highest BCUT2D eigenvalue weighted by atomic mass is 35.5. The van der Waals surface area contributed by atoms with Crippen molar-refractivity contribution >= 4 is 41.2 Å². The van der Waals surface area contributed by atoms with Gasteiger partial charge in [-0.05, 0) is 55.3 Å². The third-order valence-electron chi connectivity index (χ3n) is 3.73. The molecule has 0 aliphatic heterocycles. The van der Waals surface area contributed by atoms with Crippen LogP contribution in [0.1, 0.15) is 31.0 Å². The van der Waals surface area contributed by atoms with E-state index in [1.165, 1.54) is 43.3 Å². The molecule has 2 aromatic rings. The summed E-state index contributed by atoms with van der Waals surface area (Å²) < 4.78 is 17.9. The second-order valence-corrected chi connectivity index (χ2v) is 6.70. The van der Waals surface area contributed by atoms with Gasteiger partial charge < -0.3 is 10.1 Å². The first-order chi connectivity index (χ1) is 12.8. The van der Waals surface area contributed by atoms with Crippen LogP contribution >= 0.6 is 23.2 Å². The monoisotopic (exact) mass is 409 g/mol. The Balaban J connectivity index is 1.90. The number of benzene rings is 2. The number of rotatable bonds is 6. The zero-order chi connectivity index (χ0) is 20.0. The molecule has 0 saturated carbocycles. The van der Waals surface area contributed by atoms with Gasteiger partial charge >= 0.3 is 5.97 Å². The van der Waals surface area contributed by atoms with Crippen LogP contribution in [-0.4, -0.2) is 18.0 Å². The Labute approximate surface area is 166 Å². The molecule has 0 aliphatic carbocycles. The Morgan fingerprint density at radius 1 is 1.11 bits per heavy atom. The largest absolute Gasteiger partial charge is 0.449 e. The van der Waals surface area contributed by atoms with Gasteiger partial charge in [0.05, 0.1) is 6.04 Å². The molecule has 0 spiro atoms. The molecule has 0 bridgehead atoms. The van der Waals surface area contributed by atoms with E-state index in [1.54, 1.807) is 25.1 Å². The maximum Gasteiger partial charge on any atom is 0.331 e. The molecule has 142 valence electrons. The highest BCUT2D eigenvalue weighted by molar-refractivity contribution is 6.35. The minimum atomic E-state index is -0.996. The molecule has 0 saturated heterocycles. The Hall–Kier alpha value is -2.37. The summed E-state index contributed by atoms with van der Waals surface area (Å²) in [4.78, 5) is 24.1. The molecule has 4 nitrogen and oxygen atoms in total. The molecule has 7 heteroatoms. The van der Waals surface area contributed by atoms with Gasteiger partial charge in [-0.2, -0.15) is 0 Å². The predicted octanol–water partition coefficient (Wildman–Crippen LogP) is 4.95. The van der Waals surface area contributed by atoms with Crippen LogP contribution < -0.4 is 5.32 Å². The maximum absolute atomic E-state index is 12.8. The molecular weight excluding hydrogens is 392 g/mol. The van der Waals surface area contributed by atoms with E-state index in [9.17, 15) is 14.0 Å². The number of ether oxygens (including phenoxy) is 1. The minimum absolute atomic E-state index is 0.366. The third kappa shape index (κ3) is 6.38. The first kappa shape index (κ1) is 20.9. The SMILES string of the molecule is C[C@H](NC(=O)[C@@H](C)OC(=O)/C=C/c1ccc(F)cc1)c1ccc(Cl)cc1Cl. The van der Waals surface area contributed by atoms with E-state index in [-0.39, 0.29) is 5.82 Å². The van der Waals surface area contributed by atoms with Gasteiger partial charge in [0.15, 0.2) is 6.10 Å². The van der Waals surface area contributed by atoms with E-state index in [2.05, 4.69) is 5.32 Å². The molecular formula is C20H18Cl2FNO3. The van der Waals surface area contributed by atoms with E-state index < -0.39 is 24.0 Å². The molecule has 2 atom stereocenters. The summed E-state index contributed by atoms with van der Waals surface area (Å²) in [7, 11) is 0. The lowest BCUT2D eigenvalue weighted by Gasteiger charge is -2.19. The van der Waals surface area contributed by atoms with Gasteiger partial charge in [0.25, 0.3) is 5.91 Å². The van der Waals surface area contributed by atoms with Gasteiger partial charge in [0.2, 0.25) is 0 Å². The second-order valence-electron chi connectivity index (χ2n) is 5.86. The Kier molecular flexibility index (Phi) is 7.39. The Morgan fingerprint density at radius 3 is 2.41 bits per heavy atom. The topological polar surface area (TPSA) is 55.4 Å². The molecule has 0 aliphatic rings. The van der Waals surface area contributed by atoms with E-state index >= 15 is 0 Å². The van der Waals surface area contributed by atoms with Crippen molar-refractivity contribution < 1.29 is 18.7 Å². The number of hydrogen-bond donors (Lipinski definition) is 1. The average molecular weight is 410 g/mol. The lowest BCUT2D eigenvalue weighted by atomic mass is 10.1. The van der Waals surface area contributed by atoms with Gasteiger partial charge in [-0.3, -0.25) is 4.79 Å². The molecule has 0 fully saturated rings. The van der Waals surface area contributed by atoms with E-state index in [4.69, 9.17) is 27.9 Å². The van der Waals surface area contributed by atoms with Crippen molar-refractivity contribution in [2.45, 2.75) is 26.0 Å². The second kappa shape index (κ2) is 9.53. The summed E-state index contributed by atoms with van der Waals surface area (Å²) in [6.45, 7) is 3.23. The molecule has 0 unspecified atom stereocenters. The van der Waals surface area contributed by atoms with Crippen LogP contribution in [0.4, 0.5) is 4.39 Å². The maximum atomic E-state index is 12.8. The fraction of sp³-hybridized carbons (Fsp3) is 0.200. The van der Waals surface area contributed by atoms with Gasteiger partial charge in [0, 0.05) is 16.1 Å². The van der Waals surface area contributed by atoms with Crippen molar-refractivity contribution in [1.29, 1.82) is 0 Å². The van der Waals surface area contributed by atoms with Crippen molar-refractivity contribution in [3.8, 4) is 0 Å². The van der Waals surface area contributed by atoms with Crippen LogP contribution in [0.2, 0.25) is 10.0 Å². The van der Waals surface area contributed by atoms with Crippen LogP contribution in [0.25, 0.3) is 6.08 Å². The zero-order valence-electron chi connectivity index (χ0n) is 14.7. The molecule has 0 heterocycles. The number of amides is 1. The van der Waals surface area contributed by atoms with E-state index in [0.717, 1.165) is 0 Å². The number of nitrogens with one attached hydrogen (secondary N) is 1. The van der Waals surface area contributed by atoms with E-state index in [1.807, 2.05) is 0 Å². The smallest absolute Gasteiger partial charge is 0.331 e. The normalized spacial score (nSPS) is 13.2. The van der Waals surface area contributed by atoms with Crippen LogP contribution in [-0.2, 0) is 14.3 Å². The summed E-state index contributed by atoms with van der Waals surface area (Å²) in [6, 6.07) is 10.2. The van der Waals surface area contributed by atoms with Crippen LogP contribution in [0, 0.1) is 5.82 Å². The van der Waals surface area contributed by atoms with Crippen LogP contribution in [0.15, 0.2) is 48.5 Å². The standard InChI is InChI=1S/C20H18Cl2FNO3/c1-12(17-9-6-15(21)11-18(17)22)24-20(26)13(2)27-19(25)10-5-14-3-7-16(23)8-4-14/h3-13H,1-2H3,(H,24,26)/b10-5+/t12-,13+/m0/s1. The van der Waals surface area contributed by atoms with Gasteiger partial charge in [-0.15, -0.1) is 0 Å². The summed E-state index contributed by atoms with van der Waals surface area (Å²) >= 11 is 12.0. The predicted molar refractivity (Wildman–Crippen MR) is 104 cm³/mol. The molecule has 0 radical (unpaired) electrons. The zero-order valence-corrected chi connectivity index (χ0v) is 16.2. The lowest BCUT2D eigenvalue weighted by molar-refractivity contribution is -0.150. The van der Waals surface area contributed by atoms with Crippen molar-refractivity contribution in [2.24, 2.45) is 0 Å². The molecule has 2 rings (SSSR count). The van der Waals surface area contributed by atoms with Crippen molar-refractivity contribution in [3.63, 3.8) is 0 Å². The first-order valence-corrected chi connectivity index (χ1v) is 8.91.